The number of aryl methyl sites for hydroxylation is 1. The SMILES string of the molecule is Cc1ccc(OS(=O)(=O)c2cnc(NC(=O)NC3CCCCC3)nc2N)cc1. The average Bonchev–Trinajstić information content (AvgIpc) is 2.64. The minimum atomic E-state index is -4.20. The molecule has 3 rings (SSSR count). The van der Waals surface area contributed by atoms with Crippen LogP contribution in [0.1, 0.15) is 37.7 Å². The van der Waals surface area contributed by atoms with Crippen molar-refractivity contribution in [2.24, 2.45) is 0 Å². The Bertz CT molecular complexity index is 941. The molecule has 9 nitrogen and oxygen atoms in total. The number of aromatic nitrogens is 2. The van der Waals surface area contributed by atoms with Gasteiger partial charge in [0.25, 0.3) is 0 Å². The molecule has 1 saturated carbocycles. The van der Waals surface area contributed by atoms with Gasteiger partial charge in [-0.05, 0) is 31.9 Å². The monoisotopic (exact) mass is 405 g/mol. The lowest BCUT2D eigenvalue weighted by Gasteiger charge is -2.22. The van der Waals surface area contributed by atoms with Crippen LogP contribution in [0.5, 0.6) is 5.75 Å². The van der Waals surface area contributed by atoms with Gasteiger partial charge in [0.05, 0.1) is 6.20 Å². The summed E-state index contributed by atoms with van der Waals surface area (Å²) in [6, 6.07) is 6.20. The zero-order chi connectivity index (χ0) is 20.1. The zero-order valence-corrected chi connectivity index (χ0v) is 16.3. The van der Waals surface area contributed by atoms with E-state index in [0.29, 0.717) is 0 Å². The topological polar surface area (TPSA) is 136 Å². The molecule has 1 heterocycles. The van der Waals surface area contributed by atoms with E-state index in [1.165, 1.54) is 18.6 Å². The third kappa shape index (κ3) is 5.10. The molecule has 1 aromatic carbocycles. The zero-order valence-electron chi connectivity index (χ0n) is 15.5. The molecule has 0 atom stereocenters. The minimum absolute atomic E-state index is 0.0832. The van der Waals surface area contributed by atoms with Gasteiger partial charge in [-0.15, -0.1) is 0 Å². The van der Waals surface area contributed by atoms with Crippen LogP contribution in [0.3, 0.4) is 0 Å². The molecular formula is C18H23N5O4S. The predicted molar refractivity (Wildman–Crippen MR) is 104 cm³/mol. The third-order valence-electron chi connectivity index (χ3n) is 4.44. The maximum Gasteiger partial charge on any atom is 0.344 e. The average molecular weight is 405 g/mol. The van der Waals surface area contributed by atoms with Crippen molar-refractivity contribution in [3.05, 3.63) is 36.0 Å². The Labute approximate surface area is 163 Å². The molecule has 0 spiro atoms. The van der Waals surface area contributed by atoms with E-state index >= 15 is 0 Å². The van der Waals surface area contributed by atoms with E-state index in [0.717, 1.165) is 37.4 Å². The number of carbonyl (C=O) groups excluding carboxylic acids is 1. The molecule has 150 valence electrons. The van der Waals surface area contributed by atoms with Crippen LogP contribution < -0.4 is 20.6 Å². The van der Waals surface area contributed by atoms with Gasteiger partial charge in [-0.3, -0.25) is 5.32 Å². The number of anilines is 2. The van der Waals surface area contributed by atoms with Crippen LogP contribution in [0.2, 0.25) is 0 Å². The van der Waals surface area contributed by atoms with Gasteiger partial charge in [-0.1, -0.05) is 37.0 Å². The van der Waals surface area contributed by atoms with Crippen molar-refractivity contribution < 1.29 is 17.4 Å². The summed E-state index contributed by atoms with van der Waals surface area (Å²) in [5.41, 5.74) is 6.73. The van der Waals surface area contributed by atoms with Crippen molar-refractivity contribution in [3.8, 4) is 5.75 Å². The second kappa shape index (κ2) is 8.42. The van der Waals surface area contributed by atoms with Crippen LogP contribution in [0.15, 0.2) is 35.4 Å². The van der Waals surface area contributed by atoms with Crippen molar-refractivity contribution in [1.82, 2.24) is 15.3 Å². The highest BCUT2D eigenvalue weighted by Crippen LogP contribution is 2.22. The molecule has 1 fully saturated rings. The van der Waals surface area contributed by atoms with Crippen molar-refractivity contribution in [2.75, 3.05) is 11.1 Å². The number of nitrogens with two attached hydrogens (primary N) is 1. The van der Waals surface area contributed by atoms with Gasteiger partial charge in [0, 0.05) is 6.04 Å². The molecule has 10 heteroatoms. The fourth-order valence-corrected chi connectivity index (χ4v) is 3.91. The Kier molecular flexibility index (Phi) is 5.98. The van der Waals surface area contributed by atoms with Crippen molar-refractivity contribution in [3.63, 3.8) is 0 Å². The molecule has 28 heavy (non-hydrogen) atoms. The summed E-state index contributed by atoms with van der Waals surface area (Å²) in [7, 11) is -4.20. The smallest absolute Gasteiger partial charge is 0.344 e. The van der Waals surface area contributed by atoms with Gasteiger partial charge in [0.2, 0.25) is 5.95 Å². The summed E-state index contributed by atoms with van der Waals surface area (Å²) in [4.78, 5) is 19.4. The molecule has 0 bridgehead atoms. The standard InChI is InChI=1S/C18H23N5O4S/c1-12-7-9-14(10-8-12)27-28(25,26)15-11-20-17(22-16(15)19)23-18(24)21-13-5-3-2-4-6-13/h7-11,13H,2-6H2,1H3,(H4,19,20,21,22,23,24). The Hall–Kier alpha value is -2.88. The maximum absolute atomic E-state index is 12.4. The number of amides is 2. The van der Waals surface area contributed by atoms with Crippen molar-refractivity contribution in [2.45, 2.75) is 50.0 Å². The van der Waals surface area contributed by atoms with E-state index in [-0.39, 0.29) is 28.5 Å². The van der Waals surface area contributed by atoms with Crippen LogP contribution in [-0.4, -0.2) is 30.5 Å². The van der Waals surface area contributed by atoms with Crippen molar-refractivity contribution >= 4 is 27.9 Å². The van der Waals surface area contributed by atoms with Gasteiger partial charge in [0.1, 0.15) is 5.75 Å². The van der Waals surface area contributed by atoms with E-state index in [9.17, 15) is 13.2 Å². The lowest BCUT2D eigenvalue weighted by molar-refractivity contribution is 0.244. The van der Waals surface area contributed by atoms with Crippen LogP contribution in [-0.2, 0) is 10.1 Å². The molecule has 0 unspecified atom stereocenters. The van der Waals surface area contributed by atoms with Gasteiger partial charge in [0.15, 0.2) is 10.7 Å². The molecule has 1 aliphatic carbocycles. The number of rotatable bonds is 5. The Morgan fingerprint density at radius 2 is 1.86 bits per heavy atom. The summed E-state index contributed by atoms with van der Waals surface area (Å²) < 4.78 is 29.9. The van der Waals surface area contributed by atoms with E-state index in [1.807, 2.05) is 6.92 Å². The first-order valence-corrected chi connectivity index (χ1v) is 10.5. The van der Waals surface area contributed by atoms with E-state index < -0.39 is 16.1 Å². The van der Waals surface area contributed by atoms with Crippen molar-refractivity contribution in [1.29, 1.82) is 0 Å². The number of nitrogens with zero attached hydrogens (tertiary/aromatic N) is 2. The largest absolute Gasteiger partial charge is 0.382 e. The summed E-state index contributed by atoms with van der Waals surface area (Å²) in [6.07, 6.45) is 6.24. The van der Waals surface area contributed by atoms with Crippen LogP contribution in [0.25, 0.3) is 0 Å². The quantitative estimate of drug-likeness (QED) is 0.650. The molecule has 0 radical (unpaired) electrons. The van der Waals surface area contributed by atoms with Gasteiger partial charge < -0.3 is 15.2 Å². The lowest BCUT2D eigenvalue weighted by atomic mass is 9.96. The summed E-state index contributed by atoms with van der Waals surface area (Å²) in [6.45, 7) is 1.88. The summed E-state index contributed by atoms with van der Waals surface area (Å²) in [5.74, 6) is -0.241. The number of carbonyl (C=O) groups is 1. The second-order valence-electron chi connectivity index (χ2n) is 6.73. The Morgan fingerprint density at radius 1 is 1.18 bits per heavy atom. The van der Waals surface area contributed by atoms with Gasteiger partial charge >= 0.3 is 16.1 Å². The number of nitrogen functional groups attached to an aromatic ring is 1. The number of hydrogen-bond donors (Lipinski definition) is 3. The van der Waals surface area contributed by atoms with Crippen LogP contribution >= 0.6 is 0 Å². The number of benzene rings is 1. The first kappa shape index (κ1) is 19.9. The van der Waals surface area contributed by atoms with Crippen LogP contribution in [0.4, 0.5) is 16.6 Å². The molecule has 2 aromatic rings. The highest BCUT2D eigenvalue weighted by molar-refractivity contribution is 7.87. The second-order valence-corrected chi connectivity index (χ2v) is 8.24. The molecule has 0 saturated heterocycles. The lowest BCUT2D eigenvalue weighted by Crippen LogP contribution is -2.39. The fourth-order valence-electron chi connectivity index (χ4n) is 2.97. The molecule has 2 amide bonds. The molecule has 4 N–H and O–H groups in total. The predicted octanol–water partition coefficient (Wildman–Crippen LogP) is 2.59. The molecule has 1 aliphatic rings. The molecule has 0 aliphatic heterocycles. The third-order valence-corrected chi connectivity index (χ3v) is 5.71. The first-order valence-electron chi connectivity index (χ1n) is 9.05. The van der Waals surface area contributed by atoms with Crippen LogP contribution in [0, 0.1) is 6.92 Å². The minimum Gasteiger partial charge on any atom is -0.382 e. The van der Waals surface area contributed by atoms with E-state index in [2.05, 4.69) is 20.6 Å². The van der Waals surface area contributed by atoms with E-state index in [1.54, 1.807) is 12.1 Å². The summed E-state index contributed by atoms with van der Waals surface area (Å²) >= 11 is 0. The van der Waals surface area contributed by atoms with Gasteiger partial charge in [-0.25, -0.2) is 9.78 Å². The Morgan fingerprint density at radius 3 is 2.50 bits per heavy atom. The molecular weight excluding hydrogens is 382 g/mol. The normalized spacial score (nSPS) is 15.0. The number of nitrogens with one attached hydrogen (secondary N) is 2. The highest BCUT2D eigenvalue weighted by atomic mass is 32.2. The summed E-state index contributed by atoms with van der Waals surface area (Å²) in [5, 5.41) is 5.33. The number of urea groups is 1. The number of hydrogen-bond acceptors (Lipinski definition) is 7. The Balaban J connectivity index is 1.67. The molecule has 1 aromatic heterocycles. The maximum atomic E-state index is 12.4. The highest BCUT2D eigenvalue weighted by Gasteiger charge is 2.23. The first-order chi connectivity index (χ1) is 13.3. The van der Waals surface area contributed by atoms with Gasteiger partial charge in [-0.2, -0.15) is 13.4 Å². The fraction of sp³-hybridized carbons (Fsp3) is 0.389. The van der Waals surface area contributed by atoms with E-state index in [4.69, 9.17) is 9.92 Å².